The van der Waals surface area contributed by atoms with E-state index in [1.807, 2.05) is 25.1 Å². The Morgan fingerprint density at radius 2 is 1.89 bits per heavy atom. The van der Waals surface area contributed by atoms with Gasteiger partial charge in [-0.15, -0.1) is 0 Å². The lowest BCUT2D eigenvalue weighted by Gasteiger charge is -2.19. The topological polar surface area (TPSA) is 67.9 Å². The van der Waals surface area contributed by atoms with Crippen LogP contribution in [0.1, 0.15) is 22.8 Å². The molecular formula is C20H23BrN2O4. The molecule has 0 aromatic heterocycles. The Hall–Kier alpha value is -2.54. The van der Waals surface area contributed by atoms with Crippen molar-refractivity contribution in [1.29, 1.82) is 0 Å². The normalized spacial score (nSPS) is 10.2. The average molecular weight is 435 g/mol. The van der Waals surface area contributed by atoms with E-state index in [0.717, 1.165) is 10.0 Å². The van der Waals surface area contributed by atoms with Crippen molar-refractivity contribution in [3.63, 3.8) is 0 Å². The van der Waals surface area contributed by atoms with Gasteiger partial charge in [0.15, 0.2) is 0 Å². The lowest BCUT2D eigenvalue weighted by molar-refractivity contribution is -0.129. The molecule has 144 valence electrons. The number of likely N-dealkylation sites (N-methyl/N-ethyl adjacent to an activating group) is 1. The van der Waals surface area contributed by atoms with E-state index in [2.05, 4.69) is 21.2 Å². The van der Waals surface area contributed by atoms with Crippen LogP contribution in [0.3, 0.4) is 0 Å². The molecule has 0 bridgehead atoms. The average Bonchev–Trinajstić information content (AvgIpc) is 2.66. The van der Waals surface area contributed by atoms with Crippen molar-refractivity contribution < 1.29 is 19.1 Å². The van der Waals surface area contributed by atoms with Gasteiger partial charge in [-0.05, 0) is 37.3 Å². The molecule has 6 nitrogen and oxygen atoms in total. The molecule has 0 aliphatic carbocycles. The summed E-state index contributed by atoms with van der Waals surface area (Å²) in [5.41, 5.74) is 1.28. The fourth-order valence-electron chi connectivity index (χ4n) is 2.54. The molecule has 7 heteroatoms. The van der Waals surface area contributed by atoms with Gasteiger partial charge in [-0.25, -0.2) is 0 Å². The highest BCUT2D eigenvalue weighted by molar-refractivity contribution is 9.10. The van der Waals surface area contributed by atoms with Gasteiger partial charge in [0.05, 0.1) is 25.8 Å². The number of hydrogen-bond acceptors (Lipinski definition) is 4. The van der Waals surface area contributed by atoms with Crippen LogP contribution in [0.4, 0.5) is 0 Å². The van der Waals surface area contributed by atoms with Gasteiger partial charge in [0.25, 0.3) is 5.91 Å². The summed E-state index contributed by atoms with van der Waals surface area (Å²) < 4.78 is 11.7. The molecule has 0 heterocycles. The summed E-state index contributed by atoms with van der Waals surface area (Å²) in [6, 6.07) is 12.6. The molecule has 0 unspecified atom stereocenters. The van der Waals surface area contributed by atoms with Crippen molar-refractivity contribution in [3.8, 4) is 11.5 Å². The number of carbonyl (C=O) groups is 2. The number of rotatable bonds is 8. The van der Waals surface area contributed by atoms with Gasteiger partial charge in [0.1, 0.15) is 11.5 Å². The minimum Gasteiger partial charge on any atom is -0.496 e. The largest absolute Gasteiger partial charge is 0.496 e. The van der Waals surface area contributed by atoms with Gasteiger partial charge in [-0.3, -0.25) is 9.59 Å². The molecule has 0 radical (unpaired) electrons. The Kier molecular flexibility index (Phi) is 7.67. The monoisotopic (exact) mass is 434 g/mol. The SMILES string of the molecule is CCOc1ccccc1C(=O)NCC(=O)N(C)Cc1cc(Br)ccc1OC. The predicted octanol–water partition coefficient (Wildman–Crippen LogP) is 3.24. The minimum absolute atomic E-state index is 0.105. The molecule has 27 heavy (non-hydrogen) atoms. The maximum atomic E-state index is 12.4. The summed E-state index contributed by atoms with van der Waals surface area (Å²) in [6.45, 7) is 2.57. The van der Waals surface area contributed by atoms with E-state index in [4.69, 9.17) is 9.47 Å². The molecule has 2 aromatic rings. The van der Waals surface area contributed by atoms with E-state index in [-0.39, 0.29) is 18.4 Å². The molecular weight excluding hydrogens is 412 g/mol. The standard InChI is InChI=1S/C20H23BrN2O4/c1-4-27-18-8-6-5-7-16(18)20(25)22-12-19(24)23(2)13-14-11-15(21)9-10-17(14)26-3/h5-11H,4,12-13H2,1-3H3,(H,22,25). The summed E-state index contributed by atoms with van der Waals surface area (Å²) in [5, 5.41) is 2.65. The molecule has 2 rings (SSSR count). The van der Waals surface area contributed by atoms with Crippen molar-refractivity contribution in [1.82, 2.24) is 10.2 Å². The third-order valence-corrected chi connectivity index (χ3v) is 4.40. The summed E-state index contributed by atoms with van der Waals surface area (Å²) in [5.74, 6) is 0.643. The number of halogens is 1. The lowest BCUT2D eigenvalue weighted by atomic mass is 10.2. The number of ether oxygens (including phenoxy) is 2. The summed E-state index contributed by atoms with van der Waals surface area (Å²) in [6.07, 6.45) is 0. The van der Waals surface area contributed by atoms with E-state index in [9.17, 15) is 9.59 Å². The number of nitrogens with one attached hydrogen (secondary N) is 1. The van der Waals surface area contributed by atoms with Gasteiger partial charge >= 0.3 is 0 Å². The molecule has 0 fully saturated rings. The number of benzene rings is 2. The predicted molar refractivity (Wildman–Crippen MR) is 107 cm³/mol. The van der Waals surface area contributed by atoms with Gasteiger partial charge < -0.3 is 19.7 Å². The second kappa shape index (κ2) is 9.97. The highest BCUT2D eigenvalue weighted by Gasteiger charge is 2.16. The molecule has 0 spiro atoms. The Morgan fingerprint density at radius 1 is 1.15 bits per heavy atom. The van der Waals surface area contributed by atoms with Gasteiger partial charge in [-0.2, -0.15) is 0 Å². The van der Waals surface area contributed by atoms with Crippen molar-refractivity contribution in [3.05, 3.63) is 58.1 Å². The molecule has 1 N–H and O–H groups in total. The maximum Gasteiger partial charge on any atom is 0.255 e. The minimum atomic E-state index is -0.346. The van der Waals surface area contributed by atoms with Crippen LogP contribution in [0.2, 0.25) is 0 Å². The summed E-state index contributed by atoms with van der Waals surface area (Å²) in [7, 11) is 3.27. The maximum absolute atomic E-state index is 12.4. The number of hydrogen-bond donors (Lipinski definition) is 1. The van der Waals surface area contributed by atoms with Crippen LogP contribution < -0.4 is 14.8 Å². The van der Waals surface area contributed by atoms with Crippen LogP contribution in [0.5, 0.6) is 11.5 Å². The van der Waals surface area contributed by atoms with Gasteiger partial charge in [0.2, 0.25) is 5.91 Å². The van der Waals surface area contributed by atoms with Crippen LogP contribution in [0.15, 0.2) is 46.9 Å². The molecule has 2 amide bonds. The smallest absolute Gasteiger partial charge is 0.255 e. The molecule has 0 aliphatic rings. The first-order chi connectivity index (χ1) is 13.0. The molecule has 2 aromatic carbocycles. The molecule has 0 atom stereocenters. The van der Waals surface area contributed by atoms with Crippen LogP contribution in [-0.4, -0.2) is 44.0 Å². The van der Waals surface area contributed by atoms with Crippen LogP contribution in [-0.2, 0) is 11.3 Å². The van der Waals surface area contributed by atoms with Crippen LogP contribution >= 0.6 is 15.9 Å². The van der Waals surface area contributed by atoms with E-state index in [1.54, 1.807) is 43.3 Å². The lowest BCUT2D eigenvalue weighted by Crippen LogP contribution is -2.38. The first-order valence-corrected chi connectivity index (χ1v) is 9.32. The highest BCUT2D eigenvalue weighted by Crippen LogP contribution is 2.24. The highest BCUT2D eigenvalue weighted by atomic mass is 79.9. The summed E-state index contributed by atoms with van der Waals surface area (Å²) >= 11 is 3.42. The fourth-order valence-corrected chi connectivity index (χ4v) is 2.94. The third-order valence-electron chi connectivity index (χ3n) is 3.91. The fraction of sp³-hybridized carbons (Fsp3) is 0.300. The van der Waals surface area contributed by atoms with E-state index in [1.165, 1.54) is 0 Å². The van der Waals surface area contributed by atoms with Crippen molar-refractivity contribution in [2.24, 2.45) is 0 Å². The Labute approximate surface area is 167 Å². The molecule has 0 saturated heterocycles. The van der Waals surface area contributed by atoms with E-state index >= 15 is 0 Å². The van der Waals surface area contributed by atoms with Gasteiger partial charge in [0, 0.05) is 23.6 Å². The van der Waals surface area contributed by atoms with Crippen molar-refractivity contribution in [2.75, 3.05) is 27.3 Å². The van der Waals surface area contributed by atoms with Gasteiger partial charge in [-0.1, -0.05) is 28.1 Å². The number of nitrogens with zero attached hydrogens (tertiary/aromatic N) is 1. The van der Waals surface area contributed by atoms with Crippen LogP contribution in [0.25, 0.3) is 0 Å². The first kappa shape index (κ1) is 20.8. The third kappa shape index (κ3) is 5.72. The second-order valence-electron chi connectivity index (χ2n) is 5.82. The van der Waals surface area contributed by atoms with E-state index < -0.39 is 0 Å². The quantitative estimate of drug-likeness (QED) is 0.692. The Balaban J connectivity index is 1.97. The van der Waals surface area contributed by atoms with Crippen LogP contribution in [0, 0.1) is 0 Å². The zero-order valence-electron chi connectivity index (χ0n) is 15.6. The summed E-state index contributed by atoms with van der Waals surface area (Å²) in [4.78, 5) is 26.3. The van der Waals surface area contributed by atoms with Crippen molar-refractivity contribution in [2.45, 2.75) is 13.5 Å². The van der Waals surface area contributed by atoms with Crippen molar-refractivity contribution >= 4 is 27.7 Å². The Morgan fingerprint density at radius 3 is 2.59 bits per heavy atom. The number of methoxy groups -OCH3 is 1. The molecule has 0 aliphatic heterocycles. The first-order valence-electron chi connectivity index (χ1n) is 8.52. The number of carbonyl (C=O) groups excluding carboxylic acids is 2. The number of amides is 2. The Bertz CT molecular complexity index is 810. The van der Waals surface area contributed by atoms with E-state index in [0.29, 0.717) is 30.2 Å². The second-order valence-corrected chi connectivity index (χ2v) is 6.73. The number of para-hydroxylation sites is 1. The zero-order chi connectivity index (χ0) is 19.8. The zero-order valence-corrected chi connectivity index (χ0v) is 17.2. The molecule has 0 saturated carbocycles.